The molecule has 0 unspecified atom stereocenters. The maximum absolute atomic E-state index is 13.1. The fraction of sp³-hybridized carbons (Fsp3) is 0.364. The molecule has 0 bridgehead atoms. The Hall–Kier alpha value is -2.87. The number of aromatic nitrogens is 1. The van der Waals surface area contributed by atoms with Gasteiger partial charge in [-0.25, -0.2) is 0 Å². The standard InChI is InChI=1S/C22H22F3N3O2/c23-22(24,25)15-26-10-5-11-27(13-12-26)20(29)14-28-18-8-3-1-6-16(18)21(30)17-7-2-4-9-19(17)28/h1-4,6-9H,5,10-15H2. The van der Waals surface area contributed by atoms with E-state index in [4.69, 9.17) is 0 Å². The lowest BCUT2D eigenvalue weighted by Gasteiger charge is -2.24. The molecule has 1 aliphatic rings. The van der Waals surface area contributed by atoms with E-state index in [1.165, 1.54) is 4.90 Å². The molecule has 0 spiro atoms. The Labute approximate surface area is 171 Å². The van der Waals surface area contributed by atoms with Crippen LogP contribution in [-0.4, -0.2) is 59.2 Å². The molecule has 1 aliphatic heterocycles. The summed E-state index contributed by atoms with van der Waals surface area (Å²) in [5.74, 6) is -0.164. The first-order chi connectivity index (χ1) is 14.3. The minimum Gasteiger partial charge on any atom is -0.340 e. The summed E-state index contributed by atoms with van der Waals surface area (Å²) in [6, 6.07) is 14.3. The lowest BCUT2D eigenvalue weighted by molar-refractivity contribution is -0.145. The average molecular weight is 417 g/mol. The maximum Gasteiger partial charge on any atom is 0.401 e. The fourth-order valence-electron chi connectivity index (χ4n) is 4.11. The van der Waals surface area contributed by atoms with Crippen LogP contribution in [0.3, 0.4) is 0 Å². The number of rotatable bonds is 3. The molecular formula is C22H22F3N3O2. The summed E-state index contributed by atoms with van der Waals surface area (Å²) in [5, 5.41) is 1.08. The van der Waals surface area contributed by atoms with Gasteiger partial charge in [0.15, 0.2) is 5.43 Å². The van der Waals surface area contributed by atoms with Gasteiger partial charge >= 0.3 is 6.18 Å². The van der Waals surface area contributed by atoms with Gasteiger partial charge in [0, 0.05) is 37.0 Å². The molecule has 0 saturated carbocycles. The topological polar surface area (TPSA) is 45.6 Å². The number of para-hydroxylation sites is 2. The van der Waals surface area contributed by atoms with Crippen LogP contribution < -0.4 is 5.43 Å². The maximum atomic E-state index is 13.1. The third kappa shape index (κ3) is 4.18. The highest BCUT2D eigenvalue weighted by Gasteiger charge is 2.32. The zero-order valence-corrected chi connectivity index (χ0v) is 16.4. The van der Waals surface area contributed by atoms with E-state index in [0.29, 0.717) is 41.3 Å². The normalized spacial score (nSPS) is 16.2. The van der Waals surface area contributed by atoms with E-state index >= 15 is 0 Å². The van der Waals surface area contributed by atoms with Gasteiger partial charge in [-0.3, -0.25) is 14.5 Å². The Bertz CT molecular complexity index is 1080. The second kappa shape index (κ2) is 8.10. The van der Waals surface area contributed by atoms with Crippen LogP contribution in [0.5, 0.6) is 0 Å². The smallest absolute Gasteiger partial charge is 0.340 e. The van der Waals surface area contributed by atoms with Crippen molar-refractivity contribution in [2.45, 2.75) is 19.1 Å². The van der Waals surface area contributed by atoms with E-state index < -0.39 is 12.7 Å². The first kappa shape index (κ1) is 20.4. The molecule has 0 atom stereocenters. The minimum atomic E-state index is -4.24. The molecule has 0 aliphatic carbocycles. The molecule has 4 rings (SSSR count). The number of halogens is 3. The van der Waals surface area contributed by atoms with Gasteiger partial charge in [0.2, 0.25) is 5.91 Å². The van der Waals surface area contributed by atoms with Crippen molar-refractivity contribution in [2.75, 3.05) is 32.7 Å². The van der Waals surface area contributed by atoms with Crippen molar-refractivity contribution in [1.82, 2.24) is 14.4 Å². The Balaban J connectivity index is 1.62. The Kier molecular flexibility index (Phi) is 5.51. The number of benzene rings is 2. The van der Waals surface area contributed by atoms with Gasteiger partial charge in [-0.05, 0) is 30.7 Å². The molecular weight excluding hydrogens is 395 g/mol. The number of pyridine rings is 1. The number of hydrogen-bond acceptors (Lipinski definition) is 3. The molecule has 158 valence electrons. The molecule has 1 saturated heterocycles. The average Bonchev–Trinajstić information content (AvgIpc) is 2.95. The SMILES string of the molecule is O=C(Cn1c2ccccc2c(=O)c2ccccc21)N1CCCN(CC(F)(F)F)CC1. The first-order valence-electron chi connectivity index (χ1n) is 9.91. The third-order valence-electron chi connectivity index (χ3n) is 5.52. The van der Waals surface area contributed by atoms with Gasteiger partial charge in [-0.1, -0.05) is 24.3 Å². The summed E-state index contributed by atoms with van der Waals surface area (Å²) in [6.07, 6.45) is -3.75. The van der Waals surface area contributed by atoms with Gasteiger partial charge < -0.3 is 9.47 Å². The van der Waals surface area contributed by atoms with Gasteiger partial charge in [0.1, 0.15) is 6.54 Å². The molecule has 1 amide bonds. The number of amides is 1. The number of carbonyl (C=O) groups excluding carboxylic acids is 1. The van der Waals surface area contributed by atoms with Gasteiger partial charge in [0.05, 0.1) is 17.6 Å². The molecule has 1 fully saturated rings. The molecule has 5 nitrogen and oxygen atoms in total. The molecule has 2 aromatic carbocycles. The molecule has 3 aromatic rings. The quantitative estimate of drug-likeness (QED) is 0.615. The molecule has 8 heteroatoms. The Morgan fingerprint density at radius 2 is 1.47 bits per heavy atom. The van der Waals surface area contributed by atoms with Gasteiger partial charge in [0.25, 0.3) is 0 Å². The summed E-state index contributed by atoms with van der Waals surface area (Å²) < 4.78 is 39.9. The molecule has 2 heterocycles. The second-order valence-electron chi connectivity index (χ2n) is 7.58. The van der Waals surface area contributed by atoms with Gasteiger partial charge in [-0.15, -0.1) is 0 Å². The van der Waals surface area contributed by atoms with Crippen LogP contribution in [0, 0.1) is 0 Å². The summed E-state index contributed by atoms with van der Waals surface area (Å²) in [5.41, 5.74) is 1.26. The van der Waals surface area contributed by atoms with Crippen LogP contribution in [0.25, 0.3) is 21.8 Å². The van der Waals surface area contributed by atoms with Crippen LogP contribution in [-0.2, 0) is 11.3 Å². The van der Waals surface area contributed by atoms with E-state index in [0.717, 1.165) is 0 Å². The predicted octanol–water partition coefficient (Wildman–Crippen LogP) is 3.25. The number of fused-ring (bicyclic) bond motifs is 2. The van der Waals surface area contributed by atoms with Crippen molar-refractivity contribution in [2.24, 2.45) is 0 Å². The lowest BCUT2D eigenvalue weighted by Crippen LogP contribution is -2.39. The second-order valence-corrected chi connectivity index (χ2v) is 7.58. The van der Waals surface area contributed by atoms with Crippen molar-refractivity contribution < 1.29 is 18.0 Å². The summed E-state index contributed by atoms with van der Waals surface area (Å²) in [4.78, 5) is 28.9. The van der Waals surface area contributed by atoms with E-state index in [1.807, 2.05) is 28.8 Å². The summed E-state index contributed by atoms with van der Waals surface area (Å²) in [6.45, 7) is 0.253. The fourth-order valence-corrected chi connectivity index (χ4v) is 4.11. The summed E-state index contributed by atoms with van der Waals surface area (Å²) in [7, 11) is 0. The monoisotopic (exact) mass is 417 g/mol. The van der Waals surface area contributed by atoms with Crippen LogP contribution in [0.15, 0.2) is 53.3 Å². The molecule has 0 radical (unpaired) electrons. The highest BCUT2D eigenvalue weighted by Crippen LogP contribution is 2.20. The number of carbonyl (C=O) groups is 1. The van der Waals surface area contributed by atoms with Crippen molar-refractivity contribution in [3.05, 3.63) is 58.8 Å². The number of hydrogen-bond donors (Lipinski definition) is 0. The summed E-state index contributed by atoms with van der Waals surface area (Å²) >= 11 is 0. The van der Waals surface area contributed by atoms with Crippen molar-refractivity contribution in [3.8, 4) is 0 Å². The van der Waals surface area contributed by atoms with Crippen LogP contribution >= 0.6 is 0 Å². The lowest BCUT2D eigenvalue weighted by atomic mass is 10.1. The van der Waals surface area contributed by atoms with E-state index in [2.05, 4.69) is 0 Å². The Morgan fingerprint density at radius 1 is 0.867 bits per heavy atom. The van der Waals surface area contributed by atoms with Crippen LogP contribution in [0.1, 0.15) is 6.42 Å². The zero-order valence-electron chi connectivity index (χ0n) is 16.4. The first-order valence-corrected chi connectivity index (χ1v) is 9.91. The molecule has 30 heavy (non-hydrogen) atoms. The molecule has 1 aromatic heterocycles. The third-order valence-corrected chi connectivity index (χ3v) is 5.52. The van der Waals surface area contributed by atoms with Crippen molar-refractivity contribution >= 4 is 27.7 Å². The van der Waals surface area contributed by atoms with Crippen LogP contribution in [0.2, 0.25) is 0 Å². The predicted molar refractivity (Wildman–Crippen MR) is 109 cm³/mol. The van der Waals surface area contributed by atoms with E-state index in [9.17, 15) is 22.8 Å². The van der Waals surface area contributed by atoms with Crippen molar-refractivity contribution in [1.29, 1.82) is 0 Å². The zero-order chi connectivity index (χ0) is 21.3. The molecule has 0 N–H and O–H groups in total. The van der Waals surface area contributed by atoms with Gasteiger partial charge in [-0.2, -0.15) is 13.2 Å². The highest BCUT2D eigenvalue weighted by molar-refractivity contribution is 5.94. The highest BCUT2D eigenvalue weighted by atomic mass is 19.4. The van der Waals surface area contributed by atoms with Crippen LogP contribution in [0.4, 0.5) is 13.2 Å². The number of alkyl halides is 3. The minimum absolute atomic E-state index is 0.0284. The largest absolute Gasteiger partial charge is 0.401 e. The number of nitrogens with zero attached hydrogens (tertiary/aromatic N) is 3. The van der Waals surface area contributed by atoms with E-state index in [1.54, 1.807) is 29.2 Å². The Morgan fingerprint density at radius 3 is 2.07 bits per heavy atom. The van der Waals surface area contributed by atoms with E-state index in [-0.39, 0.29) is 31.0 Å². The van der Waals surface area contributed by atoms with Crippen molar-refractivity contribution in [3.63, 3.8) is 0 Å².